The molecule has 128 valence electrons. The predicted molar refractivity (Wildman–Crippen MR) is 94.7 cm³/mol. The molecule has 1 heterocycles. The molecule has 0 aliphatic heterocycles. The van der Waals surface area contributed by atoms with Crippen LogP contribution in [0.25, 0.3) is 0 Å². The molecule has 2 aromatic rings. The van der Waals surface area contributed by atoms with Crippen LogP contribution in [0, 0.1) is 0 Å². The minimum absolute atomic E-state index is 0.106. The number of nitrogens with one attached hydrogen (secondary N) is 1. The molecule has 24 heavy (non-hydrogen) atoms. The van der Waals surface area contributed by atoms with Gasteiger partial charge in [-0.2, -0.15) is 0 Å². The summed E-state index contributed by atoms with van der Waals surface area (Å²) in [4.78, 5) is 23.9. The number of methoxy groups -OCH3 is 1. The van der Waals surface area contributed by atoms with Crippen LogP contribution in [0.5, 0.6) is 0 Å². The third-order valence-corrected chi connectivity index (χ3v) is 4.01. The molecule has 6 nitrogen and oxygen atoms in total. The zero-order valence-corrected chi connectivity index (χ0v) is 14.5. The molecule has 0 saturated carbocycles. The van der Waals surface area contributed by atoms with Gasteiger partial charge in [-0.3, -0.25) is 9.59 Å². The molecule has 0 aliphatic carbocycles. The third-order valence-electron chi connectivity index (χ3n) is 3.27. The fraction of sp³-hybridized carbons (Fsp3) is 0.250. The highest BCUT2D eigenvalue weighted by molar-refractivity contribution is 6.42. The van der Waals surface area contributed by atoms with Gasteiger partial charge in [0.05, 0.1) is 28.9 Å². The van der Waals surface area contributed by atoms with Crippen molar-refractivity contribution < 1.29 is 9.53 Å². The molecule has 0 radical (unpaired) electrons. The normalized spacial score (nSPS) is 12.0. The Balaban J connectivity index is 2.17. The maximum absolute atomic E-state index is 12.0. The van der Waals surface area contributed by atoms with Crippen molar-refractivity contribution >= 4 is 34.8 Å². The van der Waals surface area contributed by atoms with Crippen LogP contribution in [0.4, 0.5) is 5.69 Å². The Morgan fingerprint density at radius 3 is 2.71 bits per heavy atom. The number of anilines is 1. The molecule has 2 rings (SSSR count). The maximum Gasteiger partial charge on any atom is 0.250 e. The number of halogens is 2. The molecule has 1 amide bonds. The van der Waals surface area contributed by atoms with E-state index in [-0.39, 0.29) is 12.2 Å². The highest BCUT2D eigenvalue weighted by atomic mass is 35.5. The van der Waals surface area contributed by atoms with Gasteiger partial charge in [-0.15, -0.1) is 0 Å². The number of hydrogen-bond donors (Lipinski definition) is 2. The molecule has 0 bridgehead atoms. The molecule has 1 aromatic carbocycles. The van der Waals surface area contributed by atoms with E-state index >= 15 is 0 Å². The van der Waals surface area contributed by atoms with E-state index in [1.165, 1.54) is 23.8 Å². The van der Waals surface area contributed by atoms with Gasteiger partial charge in [0.15, 0.2) is 0 Å². The second-order valence-corrected chi connectivity index (χ2v) is 6.00. The van der Waals surface area contributed by atoms with Crippen LogP contribution >= 0.6 is 23.2 Å². The third kappa shape index (κ3) is 4.82. The van der Waals surface area contributed by atoms with Crippen molar-refractivity contribution in [1.82, 2.24) is 4.57 Å². The number of amides is 1. The van der Waals surface area contributed by atoms with E-state index in [1.807, 2.05) is 0 Å². The molecular weight excluding hydrogens is 353 g/mol. The van der Waals surface area contributed by atoms with E-state index in [0.717, 1.165) is 5.56 Å². The molecule has 1 aromatic heterocycles. The van der Waals surface area contributed by atoms with Crippen molar-refractivity contribution in [3.63, 3.8) is 0 Å². The van der Waals surface area contributed by atoms with E-state index < -0.39 is 11.9 Å². The summed E-state index contributed by atoms with van der Waals surface area (Å²) in [5.74, 6) is -0.392. The van der Waals surface area contributed by atoms with Gasteiger partial charge in [0.1, 0.15) is 6.04 Å². The lowest BCUT2D eigenvalue weighted by atomic mass is 10.2. The summed E-state index contributed by atoms with van der Waals surface area (Å²) in [5, 5.41) is 3.51. The number of carbonyl (C=O) groups is 1. The van der Waals surface area contributed by atoms with Crippen molar-refractivity contribution in [3.05, 3.63) is 62.5 Å². The predicted octanol–water partition coefficient (Wildman–Crippen LogP) is 2.12. The number of ether oxygens (including phenoxy) is 1. The number of aromatic nitrogens is 1. The second-order valence-electron chi connectivity index (χ2n) is 5.18. The number of carbonyl (C=O) groups excluding carboxylic acids is 1. The highest BCUT2D eigenvalue weighted by Gasteiger charge is 2.13. The van der Waals surface area contributed by atoms with E-state index in [1.54, 1.807) is 24.4 Å². The van der Waals surface area contributed by atoms with Gasteiger partial charge in [-0.05, 0) is 23.8 Å². The smallest absolute Gasteiger partial charge is 0.250 e. The van der Waals surface area contributed by atoms with E-state index in [9.17, 15) is 9.59 Å². The van der Waals surface area contributed by atoms with Crippen LogP contribution in [-0.4, -0.2) is 30.2 Å². The number of nitrogens with zero attached hydrogens (tertiary/aromatic N) is 1. The van der Waals surface area contributed by atoms with Gasteiger partial charge in [0, 0.05) is 19.4 Å². The molecule has 1 atom stereocenters. The largest absolute Gasteiger partial charge is 0.383 e. The summed E-state index contributed by atoms with van der Waals surface area (Å²) in [5.41, 5.74) is 6.73. The lowest BCUT2D eigenvalue weighted by Crippen LogP contribution is -2.39. The van der Waals surface area contributed by atoms with Crippen LogP contribution in [0.3, 0.4) is 0 Å². The Bertz CT molecular complexity index is 792. The molecule has 8 heteroatoms. The minimum atomic E-state index is -0.787. The fourth-order valence-corrected chi connectivity index (χ4v) is 2.37. The highest BCUT2D eigenvalue weighted by Crippen LogP contribution is 2.22. The van der Waals surface area contributed by atoms with Crippen LogP contribution in [0.1, 0.15) is 5.56 Å². The molecule has 0 aliphatic rings. The van der Waals surface area contributed by atoms with Crippen molar-refractivity contribution in [1.29, 1.82) is 0 Å². The lowest BCUT2D eigenvalue weighted by molar-refractivity contribution is -0.118. The Hall–Kier alpha value is -1.86. The average Bonchev–Trinajstić information content (AvgIpc) is 2.54. The minimum Gasteiger partial charge on any atom is -0.383 e. The van der Waals surface area contributed by atoms with E-state index in [4.69, 9.17) is 33.7 Å². The Labute approximate surface area is 149 Å². The average molecular weight is 370 g/mol. The van der Waals surface area contributed by atoms with Gasteiger partial charge >= 0.3 is 0 Å². The summed E-state index contributed by atoms with van der Waals surface area (Å²) in [6.45, 7) is 0.401. The van der Waals surface area contributed by atoms with Gasteiger partial charge in [0.25, 0.3) is 5.56 Å². The summed E-state index contributed by atoms with van der Waals surface area (Å²) in [6, 6.07) is 7.24. The zero-order chi connectivity index (χ0) is 17.7. The van der Waals surface area contributed by atoms with Crippen LogP contribution < -0.4 is 16.6 Å². The molecule has 1 unspecified atom stereocenters. The fourth-order valence-electron chi connectivity index (χ4n) is 2.05. The Morgan fingerprint density at radius 1 is 1.29 bits per heavy atom. The monoisotopic (exact) mass is 369 g/mol. The lowest BCUT2D eigenvalue weighted by Gasteiger charge is -2.13. The first-order valence-electron chi connectivity index (χ1n) is 7.10. The first kappa shape index (κ1) is 18.5. The first-order chi connectivity index (χ1) is 11.4. The molecule has 0 fully saturated rings. The van der Waals surface area contributed by atoms with Gasteiger partial charge in [-0.1, -0.05) is 29.3 Å². The van der Waals surface area contributed by atoms with Crippen molar-refractivity contribution in [3.8, 4) is 0 Å². The van der Waals surface area contributed by atoms with Crippen LogP contribution in [0.2, 0.25) is 10.0 Å². The van der Waals surface area contributed by atoms with E-state index in [0.29, 0.717) is 22.3 Å². The maximum atomic E-state index is 12.0. The summed E-state index contributed by atoms with van der Waals surface area (Å²) in [6.07, 6.45) is 1.54. The second kappa shape index (κ2) is 8.30. The van der Waals surface area contributed by atoms with Crippen molar-refractivity contribution in [2.24, 2.45) is 5.73 Å². The number of hydrogen-bond acceptors (Lipinski definition) is 4. The quantitative estimate of drug-likeness (QED) is 0.816. The van der Waals surface area contributed by atoms with Crippen LogP contribution in [-0.2, 0) is 16.1 Å². The molecule has 0 spiro atoms. The van der Waals surface area contributed by atoms with Gasteiger partial charge in [0.2, 0.25) is 5.91 Å². The molecule has 3 N–H and O–H groups in total. The summed E-state index contributed by atoms with van der Waals surface area (Å²) in [7, 11) is 1.46. The zero-order valence-electron chi connectivity index (χ0n) is 13.0. The van der Waals surface area contributed by atoms with Crippen molar-refractivity contribution in [2.45, 2.75) is 12.6 Å². The van der Waals surface area contributed by atoms with Gasteiger partial charge < -0.3 is 20.4 Å². The summed E-state index contributed by atoms with van der Waals surface area (Å²) < 4.78 is 6.30. The van der Waals surface area contributed by atoms with Crippen LogP contribution in [0.15, 0.2) is 41.3 Å². The first-order valence-corrected chi connectivity index (χ1v) is 7.86. The Kier molecular flexibility index (Phi) is 6.39. The number of benzene rings is 1. The number of pyridine rings is 1. The number of nitrogens with two attached hydrogens (primary N) is 1. The molecule has 0 saturated heterocycles. The van der Waals surface area contributed by atoms with Gasteiger partial charge in [-0.25, -0.2) is 0 Å². The molecular formula is C16H17Cl2N3O3. The Morgan fingerprint density at radius 2 is 2.04 bits per heavy atom. The number of rotatable bonds is 6. The summed E-state index contributed by atoms with van der Waals surface area (Å²) >= 11 is 11.9. The van der Waals surface area contributed by atoms with E-state index in [2.05, 4.69) is 5.32 Å². The standard InChI is InChI=1S/C16H17Cl2N3O3/c1-24-9-14(19)16(23)20-11-3-5-15(22)21(8-11)7-10-2-4-12(17)13(18)6-10/h2-6,8,14H,7,9,19H2,1H3,(H,20,23). The topological polar surface area (TPSA) is 86.3 Å². The van der Waals surface area contributed by atoms with Crippen molar-refractivity contribution in [2.75, 3.05) is 19.0 Å². The SMILES string of the molecule is COCC(N)C(=O)Nc1ccc(=O)n(Cc2ccc(Cl)c(Cl)c2)c1.